The summed E-state index contributed by atoms with van der Waals surface area (Å²) in [5.74, 6) is -0.653. The van der Waals surface area contributed by atoms with Crippen molar-refractivity contribution in [3.8, 4) is 0 Å². The van der Waals surface area contributed by atoms with Crippen LogP contribution in [0.2, 0.25) is 0 Å². The number of hydrogen-bond donors (Lipinski definition) is 0. The predicted molar refractivity (Wildman–Crippen MR) is 92.8 cm³/mol. The van der Waals surface area contributed by atoms with E-state index in [0.29, 0.717) is 26.2 Å². The van der Waals surface area contributed by atoms with E-state index in [1.165, 1.54) is 13.2 Å². The first-order chi connectivity index (χ1) is 12.0. The molecular weight excluding hydrogens is 323 g/mol. The molecule has 1 atom stereocenters. The van der Waals surface area contributed by atoms with E-state index in [0.717, 1.165) is 5.69 Å². The minimum atomic E-state index is -1.33. The Balaban J connectivity index is 1.73. The Morgan fingerprint density at radius 2 is 1.92 bits per heavy atom. The van der Waals surface area contributed by atoms with Crippen molar-refractivity contribution in [1.29, 1.82) is 0 Å². The number of nitrogens with zero attached hydrogens (tertiary/aromatic N) is 4. The lowest BCUT2D eigenvalue weighted by Crippen LogP contribution is -2.54. The molecule has 2 heterocycles. The van der Waals surface area contributed by atoms with Crippen molar-refractivity contribution in [2.24, 2.45) is 7.05 Å². The molecule has 1 aliphatic rings. The summed E-state index contributed by atoms with van der Waals surface area (Å²) in [5, 5.41) is 4.18. The van der Waals surface area contributed by atoms with Crippen LogP contribution in [0.15, 0.2) is 36.7 Å². The predicted octanol–water partition coefficient (Wildman–Crippen LogP) is 1.77. The third-order valence-corrected chi connectivity index (χ3v) is 4.83. The number of anilines is 1. The zero-order chi connectivity index (χ0) is 18.0. The van der Waals surface area contributed by atoms with Crippen molar-refractivity contribution < 1.29 is 13.9 Å². The number of carbonyl (C=O) groups is 1. The average molecular weight is 346 g/mol. The fourth-order valence-electron chi connectivity index (χ4n) is 3.20. The van der Waals surface area contributed by atoms with Crippen molar-refractivity contribution in [3.05, 3.63) is 48.0 Å². The highest BCUT2D eigenvalue weighted by atomic mass is 19.1. The zero-order valence-electron chi connectivity index (χ0n) is 14.8. The number of amides is 1. The van der Waals surface area contributed by atoms with Crippen LogP contribution in [-0.4, -0.2) is 53.9 Å². The number of piperazine rings is 1. The summed E-state index contributed by atoms with van der Waals surface area (Å²) < 4.78 is 21.5. The van der Waals surface area contributed by atoms with Crippen LogP contribution >= 0.6 is 0 Å². The molecule has 0 spiro atoms. The summed E-state index contributed by atoms with van der Waals surface area (Å²) in [7, 11) is 3.32. The fourth-order valence-corrected chi connectivity index (χ4v) is 3.20. The molecule has 1 aromatic carbocycles. The highest BCUT2D eigenvalue weighted by Crippen LogP contribution is 2.30. The summed E-state index contributed by atoms with van der Waals surface area (Å²) in [6.45, 7) is 4.15. The molecule has 7 heteroatoms. The lowest BCUT2D eigenvalue weighted by atomic mass is 9.93. The molecule has 6 nitrogen and oxygen atoms in total. The number of aryl methyl sites for hydroxylation is 1. The second kappa shape index (κ2) is 6.84. The summed E-state index contributed by atoms with van der Waals surface area (Å²) >= 11 is 0. The number of ether oxygens (including phenoxy) is 1. The molecular formula is C18H23FN4O2. The van der Waals surface area contributed by atoms with Crippen LogP contribution in [0.1, 0.15) is 12.5 Å². The Hall–Kier alpha value is -2.41. The van der Waals surface area contributed by atoms with Crippen molar-refractivity contribution in [3.63, 3.8) is 0 Å². The SMILES string of the molecule is CO[C@@](C)(C(=O)N1CCN(c2cnn(C)c2)CC1)c1ccccc1F. The average Bonchev–Trinajstić information content (AvgIpc) is 3.07. The maximum absolute atomic E-state index is 14.2. The zero-order valence-corrected chi connectivity index (χ0v) is 14.8. The quantitative estimate of drug-likeness (QED) is 0.847. The van der Waals surface area contributed by atoms with E-state index in [2.05, 4.69) is 10.00 Å². The van der Waals surface area contributed by atoms with Gasteiger partial charge >= 0.3 is 0 Å². The minimum Gasteiger partial charge on any atom is -0.365 e. The number of carbonyl (C=O) groups excluding carboxylic acids is 1. The molecule has 2 aromatic rings. The van der Waals surface area contributed by atoms with Crippen molar-refractivity contribution >= 4 is 11.6 Å². The standard InChI is InChI=1S/C18H23FN4O2/c1-18(25-3,15-6-4-5-7-16(15)19)17(24)23-10-8-22(9-11-23)14-12-20-21(2)13-14/h4-7,12-13H,8-11H2,1-3H3/t18-/m1/s1. The number of benzene rings is 1. The van der Waals surface area contributed by atoms with Crippen molar-refractivity contribution in [2.75, 3.05) is 38.2 Å². The first kappa shape index (κ1) is 17.4. The Kier molecular flexibility index (Phi) is 4.76. The Morgan fingerprint density at radius 3 is 2.48 bits per heavy atom. The lowest BCUT2D eigenvalue weighted by Gasteiger charge is -2.39. The topological polar surface area (TPSA) is 50.6 Å². The highest BCUT2D eigenvalue weighted by Gasteiger charge is 2.41. The molecule has 1 saturated heterocycles. The molecule has 0 aliphatic carbocycles. The molecule has 1 fully saturated rings. The highest BCUT2D eigenvalue weighted by molar-refractivity contribution is 5.86. The molecule has 0 radical (unpaired) electrons. The minimum absolute atomic E-state index is 0.217. The number of hydrogen-bond acceptors (Lipinski definition) is 4. The van der Waals surface area contributed by atoms with Crippen molar-refractivity contribution in [1.82, 2.24) is 14.7 Å². The van der Waals surface area contributed by atoms with Crippen LogP contribution in [0.4, 0.5) is 10.1 Å². The van der Waals surface area contributed by atoms with Gasteiger partial charge in [0.1, 0.15) is 5.82 Å². The van der Waals surface area contributed by atoms with Crippen LogP contribution in [0.5, 0.6) is 0 Å². The summed E-state index contributed by atoms with van der Waals surface area (Å²) in [5.41, 5.74) is -0.0302. The fraction of sp³-hybridized carbons (Fsp3) is 0.444. The number of halogens is 1. The van der Waals surface area contributed by atoms with E-state index < -0.39 is 11.4 Å². The van der Waals surface area contributed by atoms with E-state index in [-0.39, 0.29) is 11.5 Å². The van der Waals surface area contributed by atoms with E-state index in [1.54, 1.807) is 34.7 Å². The van der Waals surface area contributed by atoms with Gasteiger partial charge < -0.3 is 14.5 Å². The van der Waals surface area contributed by atoms with Gasteiger partial charge in [-0.05, 0) is 13.0 Å². The van der Waals surface area contributed by atoms with Crippen molar-refractivity contribution in [2.45, 2.75) is 12.5 Å². The molecule has 0 bridgehead atoms. The van der Waals surface area contributed by atoms with Crippen LogP contribution in [0, 0.1) is 5.82 Å². The Labute approximate surface area is 146 Å². The Bertz CT molecular complexity index is 755. The van der Waals surface area contributed by atoms with Gasteiger partial charge in [-0.15, -0.1) is 0 Å². The van der Waals surface area contributed by atoms with Gasteiger partial charge in [0.25, 0.3) is 5.91 Å². The molecule has 25 heavy (non-hydrogen) atoms. The number of methoxy groups -OCH3 is 1. The number of rotatable bonds is 4. The lowest BCUT2D eigenvalue weighted by molar-refractivity contribution is -0.155. The van der Waals surface area contributed by atoms with Crippen LogP contribution in [0.25, 0.3) is 0 Å². The molecule has 134 valence electrons. The second-order valence-corrected chi connectivity index (χ2v) is 6.37. The normalized spacial score (nSPS) is 17.4. The van der Waals surface area contributed by atoms with Gasteiger partial charge in [-0.1, -0.05) is 18.2 Å². The summed E-state index contributed by atoms with van der Waals surface area (Å²) in [6, 6.07) is 6.26. The van der Waals surface area contributed by atoms with Crippen LogP contribution < -0.4 is 4.90 Å². The maximum Gasteiger partial charge on any atom is 0.259 e. The maximum atomic E-state index is 14.2. The van der Waals surface area contributed by atoms with E-state index >= 15 is 0 Å². The largest absolute Gasteiger partial charge is 0.365 e. The van der Waals surface area contributed by atoms with Crippen LogP contribution in [-0.2, 0) is 22.2 Å². The third kappa shape index (κ3) is 3.24. The molecule has 1 aromatic heterocycles. The van der Waals surface area contributed by atoms with Gasteiger partial charge in [0.2, 0.25) is 0 Å². The van der Waals surface area contributed by atoms with E-state index in [1.807, 2.05) is 19.4 Å². The third-order valence-electron chi connectivity index (χ3n) is 4.83. The molecule has 0 saturated carbocycles. The monoisotopic (exact) mass is 346 g/mol. The van der Waals surface area contributed by atoms with E-state index in [9.17, 15) is 9.18 Å². The molecule has 1 aliphatic heterocycles. The smallest absolute Gasteiger partial charge is 0.259 e. The summed E-state index contributed by atoms with van der Waals surface area (Å²) in [6.07, 6.45) is 3.77. The van der Waals surface area contributed by atoms with Gasteiger partial charge in [-0.2, -0.15) is 5.10 Å². The molecule has 1 amide bonds. The second-order valence-electron chi connectivity index (χ2n) is 6.37. The van der Waals surface area contributed by atoms with Gasteiger partial charge in [-0.25, -0.2) is 4.39 Å². The summed E-state index contributed by atoms with van der Waals surface area (Å²) in [4.78, 5) is 17.0. The molecule has 0 unspecified atom stereocenters. The first-order valence-electron chi connectivity index (χ1n) is 8.29. The molecule has 0 N–H and O–H groups in total. The van der Waals surface area contributed by atoms with Crippen LogP contribution in [0.3, 0.4) is 0 Å². The molecule has 3 rings (SSSR count). The number of aromatic nitrogens is 2. The first-order valence-corrected chi connectivity index (χ1v) is 8.29. The van der Waals surface area contributed by atoms with Gasteiger partial charge in [-0.3, -0.25) is 9.48 Å². The Morgan fingerprint density at radius 1 is 1.24 bits per heavy atom. The van der Waals surface area contributed by atoms with Gasteiger partial charge in [0.05, 0.1) is 11.9 Å². The van der Waals surface area contributed by atoms with Gasteiger partial charge in [0, 0.05) is 52.1 Å². The van der Waals surface area contributed by atoms with Gasteiger partial charge in [0.15, 0.2) is 5.60 Å². The van der Waals surface area contributed by atoms with E-state index in [4.69, 9.17) is 4.74 Å².